The van der Waals surface area contributed by atoms with Crippen molar-refractivity contribution in [2.24, 2.45) is 0 Å². The van der Waals surface area contributed by atoms with Crippen LogP contribution in [0.4, 0.5) is 5.82 Å². The molecule has 0 amide bonds. The van der Waals surface area contributed by atoms with E-state index in [1.165, 1.54) is 0 Å². The molecule has 1 aromatic carbocycles. The average molecular weight is 292 g/mol. The summed E-state index contributed by atoms with van der Waals surface area (Å²) in [5.74, 6) is 1.32. The Kier molecular flexibility index (Phi) is 4.82. The van der Waals surface area contributed by atoms with Crippen molar-refractivity contribution in [3.05, 3.63) is 52.7 Å². The minimum Gasteiger partial charge on any atom is -0.496 e. The van der Waals surface area contributed by atoms with Gasteiger partial charge in [-0.25, -0.2) is 4.98 Å². The zero-order chi connectivity index (χ0) is 14.5. The van der Waals surface area contributed by atoms with E-state index in [-0.39, 0.29) is 6.04 Å². The first kappa shape index (κ1) is 14.6. The van der Waals surface area contributed by atoms with E-state index in [0.29, 0.717) is 10.8 Å². The van der Waals surface area contributed by atoms with Crippen LogP contribution in [0.1, 0.15) is 17.2 Å². The molecule has 0 fully saturated rings. The highest BCUT2D eigenvalue weighted by Crippen LogP contribution is 2.30. The molecule has 106 valence electrons. The molecule has 5 heteroatoms. The number of hydrogen-bond acceptors (Lipinski definition) is 4. The molecule has 0 aliphatic carbocycles. The largest absolute Gasteiger partial charge is 0.496 e. The van der Waals surface area contributed by atoms with E-state index in [0.717, 1.165) is 23.3 Å². The number of likely N-dealkylation sites (N-methyl/N-ethyl adjacent to an activating group) is 1. The Morgan fingerprint density at radius 2 is 2.20 bits per heavy atom. The molecule has 2 rings (SSSR count). The van der Waals surface area contributed by atoms with Crippen molar-refractivity contribution in [1.82, 2.24) is 10.3 Å². The van der Waals surface area contributed by atoms with Crippen molar-refractivity contribution >= 4 is 17.4 Å². The standard InChI is InChI=1S/C15H18ClN3O/c1-18-13(8-10-4-3-7-19-15(10)17)12-6-5-11(16)9-14(12)20-2/h3-7,9,13,18H,8H2,1-2H3,(H2,17,19). The molecule has 1 unspecified atom stereocenters. The number of halogens is 1. The molecule has 1 aromatic heterocycles. The van der Waals surface area contributed by atoms with Crippen LogP contribution in [0, 0.1) is 0 Å². The zero-order valence-electron chi connectivity index (χ0n) is 11.6. The number of nitrogens with two attached hydrogens (primary N) is 1. The van der Waals surface area contributed by atoms with Crippen molar-refractivity contribution in [2.75, 3.05) is 19.9 Å². The fourth-order valence-corrected chi connectivity index (χ4v) is 2.35. The number of nitrogens with one attached hydrogen (secondary N) is 1. The van der Waals surface area contributed by atoms with Crippen LogP contribution in [0.25, 0.3) is 0 Å². The maximum atomic E-state index is 6.00. The van der Waals surface area contributed by atoms with Crippen LogP contribution in [-0.4, -0.2) is 19.1 Å². The first-order valence-corrected chi connectivity index (χ1v) is 6.73. The molecular weight excluding hydrogens is 274 g/mol. The van der Waals surface area contributed by atoms with Crippen molar-refractivity contribution in [2.45, 2.75) is 12.5 Å². The second-order valence-electron chi connectivity index (χ2n) is 4.48. The molecule has 2 aromatic rings. The van der Waals surface area contributed by atoms with Crippen molar-refractivity contribution in [3.8, 4) is 5.75 Å². The summed E-state index contributed by atoms with van der Waals surface area (Å²) in [6.45, 7) is 0. The lowest BCUT2D eigenvalue weighted by molar-refractivity contribution is 0.401. The highest BCUT2D eigenvalue weighted by atomic mass is 35.5. The number of benzene rings is 1. The first-order chi connectivity index (χ1) is 9.65. The Morgan fingerprint density at radius 3 is 2.85 bits per heavy atom. The molecule has 3 N–H and O–H groups in total. The lowest BCUT2D eigenvalue weighted by Gasteiger charge is -2.20. The molecule has 20 heavy (non-hydrogen) atoms. The van der Waals surface area contributed by atoms with Crippen LogP contribution in [0.5, 0.6) is 5.75 Å². The fraction of sp³-hybridized carbons (Fsp3) is 0.267. The van der Waals surface area contributed by atoms with Gasteiger partial charge in [-0.2, -0.15) is 0 Å². The van der Waals surface area contributed by atoms with Crippen LogP contribution in [-0.2, 0) is 6.42 Å². The second-order valence-corrected chi connectivity index (χ2v) is 4.92. The van der Waals surface area contributed by atoms with Gasteiger partial charge in [0.15, 0.2) is 0 Å². The molecule has 1 heterocycles. The highest BCUT2D eigenvalue weighted by molar-refractivity contribution is 6.30. The van der Waals surface area contributed by atoms with Gasteiger partial charge in [0.2, 0.25) is 0 Å². The van der Waals surface area contributed by atoms with E-state index in [9.17, 15) is 0 Å². The number of methoxy groups -OCH3 is 1. The Balaban J connectivity index is 2.31. The van der Waals surface area contributed by atoms with Crippen molar-refractivity contribution in [1.29, 1.82) is 0 Å². The highest BCUT2D eigenvalue weighted by Gasteiger charge is 2.16. The maximum Gasteiger partial charge on any atom is 0.126 e. The van der Waals surface area contributed by atoms with E-state index in [4.69, 9.17) is 22.1 Å². The Hall–Kier alpha value is -1.78. The minimum atomic E-state index is 0.0775. The lowest BCUT2D eigenvalue weighted by atomic mass is 9.98. The van der Waals surface area contributed by atoms with E-state index >= 15 is 0 Å². The lowest BCUT2D eigenvalue weighted by Crippen LogP contribution is -2.20. The number of ether oxygens (including phenoxy) is 1. The smallest absolute Gasteiger partial charge is 0.126 e. The van der Waals surface area contributed by atoms with Gasteiger partial charge < -0.3 is 15.8 Å². The molecule has 0 aliphatic rings. The predicted octanol–water partition coefficient (Wildman–Crippen LogP) is 2.83. The zero-order valence-corrected chi connectivity index (χ0v) is 12.3. The van der Waals surface area contributed by atoms with Gasteiger partial charge in [-0.3, -0.25) is 0 Å². The van der Waals surface area contributed by atoms with E-state index in [1.54, 1.807) is 13.3 Å². The monoisotopic (exact) mass is 291 g/mol. The van der Waals surface area contributed by atoms with Crippen LogP contribution < -0.4 is 15.8 Å². The number of aromatic nitrogens is 1. The van der Waals surface area contributed by atoms with Gasteiger partial charge in [0.1, 0.15) is 11.6 Å². The number of hydrogen-bond donors (Lipinski definition) is 2. The number of pyridine rings is 1. The molecular formula is C15H18ClN3O. The molecule has 0 saturated heterocycles. The number of nitrogens with zero attached hydrogens (tertiary/aromatic N) is 1. The second kappa shape index (κ2) is 6.59. The molecule has 0 spiro atoms. The van der Waals surface area contributed by atoms with Crippen LogP contribution >= 0.6 is 11.6 Å². The van der Waals surface area contributed by atoms with Crippen molar-refractivity contribution < 1.29 is 4.74 Å². The summed E-state index contributed by atoms with van der Waals surface area (Å²) in [4.78, 5) is 4.11. The SMILES string of the molecule is CNC(Cc1cccnc1N)c1ccc(Cl)cc1OC. The third kappa shape index (κ3) is 3.21. The van der Waals surface area contributed by atoms with Crippen LogP contribution in [0.2, 0.25) is 5.02 Å². The van der Waals surface area contributed by atoms with E-state index in [2.05, 4.69) is 10.3 Å². The van der Waals surface area contributed by atoms with Gasteiger partial charge in [-0.1, -0.05) is 23.7 Å². The maximum absolute atomic E-state index is 6.00. The van der Waals surface area contributed by atoms with Gasteiger partial charge in [0.25, 0.3) is 0 Å². The van der Waals surface area contributed by atoms with Gasteiger partial charge >= 0.3 is 0 Å². The molecule has 0 radical (unpaired) electrons. The summed E-state index contributed by atoms with van der Waals surface area (Å²) < 4.78 is 5.41. The van der Waals surface area contributed by atoms with Crippen LogP contribution in [0.15, 0.2) is 36.5 Å². The number of anilines is 1. The Labute approximate surface area is 123 Å². The number of nitrogen functional groups attached to an aromatic ring is 1. The van der Waals surface area contributed by atoms with Gasteiger partial charge in [0.05, 0.1) is 7.11 Å². The van der Waals surface area contributed by atoms with Gasteiger partial charge in [0, 0.05) is 22.8 Å². The summed E-state index contributed by atoms with van der Waals surface area (Å²) >= 11 is 6.00. The summed E-state index contributed by atoms with van der Waals surface area (Å²) in [6.07, 6.45) is 2.42. The molecule has 4 nitrogen and oxygen atoms in total. The topological polar surface area (TPSA) is 60.2 Å². The summed E-state index contributed by atoms with van der Waals surface area (Å²) in [5.41, 5.74) is 7.95. The fourth-order valence-electron chi connectivity index (χ4n) is 2.18. The van der Waals surface area contributed by atoms with Crippen molar-refractivity contribution in [3.63, 3.8) is 0 Å². The quantitative estimate of drug-likeness (QED) is 0.889. The summed E-state index contributed by atoms with van der Waals surface area (Å²) in [6, 6.07) is 9.58. The third-order valence-electron chi connectivity index (χ3n) is 3.27. The van der Waals surface area contributed by atoms with Gasteiger partial charge in [-0.05, 0) is 37.2 Å². The summed E-state index contributed by atoms with van der Waals surface area (Å²) in [7, 11) is 3.55. The predicted molar refractivity (Wildman–Crippen MR) is 82.2 cm³/mol. The summed E-state index contributed by atoms with van der Waals surface area (Å²) in [5, 5.41) is 3.94. The molecule has 0 bridgehead atoms. The average Bonchev–Trinajstić information content (AvgIpc) is 2.46. The van der Waals surface area contributed by atoms with E-state index < -0.39 is 0 Å². The molecule has 1 atom stereocenters. The molecule has 0 saturated carbocycles. The molecule has 0 aliphatic heterocycles. The minimum absolute atomic E-state index is 0.0775. The van der Waals surface area contributed by atoms with Crippen LogP contribution in [0.3, 0.4) is 0 Å². The van der Waals surface area contributed by atoms with Gasteiger partial charge in [-0.15, -0.1) is 0 Å². The normalized spacial score (nSPS) is 12.2. The van der Waals surface area contributed by atoms with E-state index in [1.807, 2.05) is 37.4 Å². The Morgan fingerprint density at radius 1 is 1.40 bits per heavy atom. The Bertz CT molecular complexity index is 589. The third-order valence-corrected chi connectivity index (χ3v) is 3.50. The first-order valence-electron chi connectivity index (χ1n) is 6.35. The number of rotatable bonds is 5.